The van der Waals surface area contributed by atoms with Gasteiger partial charge in [0, 0.05) is 6.04 Å². The molecule has 1 aliphatic heterocycles. The first-order chi connectivity index (χ1) is 7.81. The first-order valence-corrected chi connectivity index (χ1v) is 6.29. The predicted octanol–water partition coefficient (Wildman–Crippen LogP) is 2.59. The quantitative estimate of drug-likeness (QED) is 0.923. The highest BCUT2D eigenvalue weighted by atomic mass is 79.9. The molecule has 16 heavy (non-hydrogen) atoms. The topological polar surface area (TPSA) is 30.5 Å². The number of methoxy groups -OCH3 is 1. The van der Waals surface area contributed by atoms with Gasteiger partial charge < -0.3 is 14.8 Å². The lowest BCUT2D eigenvalue weighted by Crippen LogP contribution is -2.28. The Balaban J connectivity index is 2.01. The Labute approximate surface area is 104 Å². The van der Waals surface area contributed by atoms with Gasteiger partial charge in [0.1, 0.15) is 6.61 Å². The second-order valence-corrected chi connectivity index (χ2v) is 4.73. The first kappa shape index (κ1) is 11.7. The Kier molecular flexibility index (Phi) is 4.07. The van der Waals surface area contributed by atoms with E-state index >= 15 is 0 Å². The SMILES string of the molecule is COc1cccc(Br)c1OC[C@@H]1CCCN1. The number of halogens is 1. The summed E-state index contributed by atoms with van der Waals surface area (Å²) < 4.78 is 12.0. The largest absolute Gasteiger partial charge is 0.493 e. The molecule has 1 N–H and O–H groups in total. The van der Waals surface area contributed by atoms with Gasteiger partial charge in [-0.3, -0.25) is 0 Å². The lowest BCUT2D eigenvalue weighted by molar-refractivity contribution is 0.261. The first-order valence-electron chi connectivity index (χ1n) is 5.50. The molecule has 3 nitrogen and oxygen atoms in total. The molecular weight excluding hydrogens is 270 g/mol. The summed E-state index contributed by atoms with van der Waals surface area (Å²) in [6, 6.07) is 6.27. The summed E-state index contributed by atoms with van der Waals surface area (Å²) in [6.07, 6.45) is 2.42. The van der Waals surface area contributed by atoms with Crippen molar-refractivity contribution in [3.8, 4) is 11.5 Å². The smallest absolute Gasteiger partial charge is 0.175 e. The van der Waals surface area contributed by atoms with Crippen molar-refractivity contribution in [3.05, 3.63) is 22.7 Å². The van der Waals surface area contributed by atoms with Crippen LogP contribution in [0.4, 0.5) is 0 Å². The van der Waals surface area contributed by atoms with Crippen LogP contribution in [-0.2, 0) is 0 Å². The predicted molar refractivity (Wildman–Crippen MR) is 67.2 cm³/mol. The third-order valence-electron chi connectivity index (χ3n) is 2.74. The molecule has 1 aliphatic rings. The minimum absolute atomic E-state index is 0.469. The Hall–Kier alpha value is -0.740. The van der Waals surface area contributed by atoms with Crippen LogP contribution in [0.5, 0.6) is 11.5 Å². The minimum atomic E-state index is 0.469. The van der Waals surface area contributed by atoms with Gasteiger partial charge in [-0.1, -0.05) is 6.07 Å². The number of nitrogens with one attached hydrogen (secondary N) is 1. The second-order valence-electron chi connectivity index (χ2n) is 3.88. The fraction of sp³-hybridized carbons (Fsp3) is 0.500. The highest BCUT2D eigenvalue weighted by molar-refractivity contribution is 9.10. The Morgan fingerprint density at radius 3 is 3.06 bits per heavy atom. The van der Waals surface area contributed by atoms with Crippen LogP contribution in [0.3, 0.4) is 0 Å². The summed E-state index contributed by atoms with van der Waals surface area (Å²) in [6.45, 7) is 1.79. The number of para-hydroxylation sites is 1. The zero-order valence-corrected chi connectivity index (χ0v) is 10.9. The van der Waals surface area contributed by atoms with Crippen LogP contribution in [0.25, 0.3) is 0 Å². The van der Waals surface area contributed by atoms with Crippen LogP contribution < -0.4 is 14.8 Å². The number of benzene rings is 1. The van der Waals surface area contributed by atoms with Gasteiger partial charge in [0.15, 0.2) is 11.5 Å². The summed E-state index contributed by atoms with van der Waals surface area (Å²) in [7, 11) is 1.66. The van der Waals surface area contributed by atoms with Gasteiger partial charge in [-0.15, -0.1) is 0 Å². The molecule has 1 aromatic rings. The summed E-state index contributed by atoms with van der Waals surface area (Å²) >= 11 is 3.47. The lowest BCUT2D eigenvalue weighted by atomic mass is 10.2. The molecule has 1 heterocycles. The van der Waals surface area contributed by atoms with E-state index in [1.165, 1.54) is 12.8 Å². The summed E-state index contributed by atoms with van der Waals surface area (Å²) in [5.41, 5.74) is 0. The average molecular weight is 286 g/mol. The van der Waals surface area contributed by atoms with Gasteiger partial charge in [0.2, 0.25) is 0 Å². The summed E-state index contributed by atoms with van der Waals surface area (Å²) in [5, 5.41) is 3.40. The van der Waals surface area contributed by atoms with Crippen molar-refractivity contribution in [2.45, 2.75) is 18.9 Å². The normalized spacial score (nSPS) is 19.8. The van der Waals surface area contributed by atoms with Crippen LogP contribution >= 0.6 is 15.9 Å². The molecule has 0 spiro atoms. The minimum Gasteiger partial charge on any atom is -0.493 e. The third-order valence-corrected chi connectivity index (χ3v) is 3.37. The molecule has 1 saturated heterocycles. The standard InChI is InChI=1S/C12H16BrNO2/c1-15-11-6-2-5-10(13)12(11)16-8-9-4-3-7-14-9/h2,5-6,9,14H,3-4,7-8H2,1H3/t9-/m0/s1. The van der Waals surface area contributed by atoms with Crippen LogP contribution in [0.15, 0.2) is 22.7 Å². The summed E-state index contributed by atoms with van der Waals surface area (Å²) in [5.74, 6) is 1.56. The molecule has 0 amide bonds. The maximum absolute atomic E-state index is 5.81. The molecule has 88 valence electrons. The molecule has 1 aromatic carbocycles. The van der Waals surface area contributed by atoms with E-state index in [4.69, 9.17) is 9.47 Å². The van der Waals surface area contributed by atoms with E-state index in [9.17, 15) is 0 Å². The molecular formula is C12H16BrNO2. The van der Waals surface area contributed by atoms with E-state index < -0.39 is 0 Å². The van der Waals surface area contributed by atoms with Crippen LogP contribution in [-0.4, -0.2) is 26.3 Å². The van der Waals surface area contributed by atoms with Crippen molar-refractivity contribution >= 4 is 15.9 Å². The molecule has 2 rings (SSSR count). The van der Waals surface area contributed by atoms with Crippen molar-refractivity contribution < 1.29 is 9.47 Å². The van der Waals surface area contributed by atoms with E-state index in [1.807, 2.05) is 18.2 Å². The number of hydrogen-bond acceptors (Lipinski definition) is 3. The Morgan fingerprint density at radius 2 is 2.38 bits per heavy atom. The zero-order chi connectivity index (χ0) is 11.4. The molecule has 0 aromatic heterocycles. The van der Waals surface area contributed by atoms with Crippen LogP contribution in [0, 0.1) is 0 Å². The maximum atomic E-state index is 5.81. The molecule has 0 saturated carbocycles. The van der Waals surface area contributed by atoms with Crippen molar-refractivity contribution in [1.29, 1.82) is 0 Å². The maximum Gasteiger partial charge on any atom is 0.175 e. The Morgan fingerprint density at radius 1 is 1.50 bits per heavy atom. The van der Waals surface area contributed by atoms with Gasteiger partial charge in [-0.05, 0) is 47.4 Å². The fourth-order valence-corrected chi connectivity index (χ4v) is 2.34. The van der Waals surface area contributed by atoms with Crippen LogP contribution in [0.1, 0.15) is 12.8 Å². The number of ether oxygens (including phenoxy) is 2. The molecule has 1 fully saturated rings. The zero-order valence-electron chi connectivity index (χ0n) is 9.33. The second kappa shape index (κ2) is 5.55. The molecule has 0 bridgehead atoms. The monoisotopic (exact) mass is 285 g/mol. The van der Waals surface area contributed by atoms with Crippen molar-refractivity contribution in [2.75, 3.05) is 20.3 Å². The lowest BCUT2D eigenvalue weighted by Gasteiger charge is -2.15. The number of rotatable bonds is 4. The van der Waals surface area contributed by atoms with Gasteiger partial charge in [0.25, 0.3) is 0 Å². The molecule has 0 radical (unpaired) electrons. The van der Waals surface area contributed by atoms with E-state index in [-0.39, 0.29) is 0 Å². The van der Waals surface area contributed by atoms with E-state index in [1.54, 1.807) is 7.11 Å². The highest BCUT2D eigenvalue weighted by Gasteiger charge is 2.16. The van der Waals surface area contributed by atoms with Crippen LogP contribution in [0.2, 0.25) is 0 Å². The fourth-order valence-electron chi connectivity index (χ4n) is 1.87. The van der Waals surface area contributed by atoms with Gasteiger partial charge in [0.05, 0.1) is 11.6 Å². The molecule has 1 atom stereocenters. The van der Waals surface area contributed by atoms with Gasteiger partial charge in [-0.25, -0.2) is 0 Å². The van der Waals surface area contributed by atoms with E-state index in [0.29, 0.717) is 12.6 Å². The highest BCUT2D eigenvalue weighted by Crippen LogP contribution is 2.34. The molecule has 4 heteroatoms. The molecule has 0 unspecified atom stereocenters. The van der Waals surface area contributed by atoms with E-state index in [2.05, 4.69) is 21.2 Å². The Bertz CT molecular complexity index is 351. The van der Waals surface area contributed by atoms with Crippen molar-refractivity contribution in [3.63, 3.8) is 0 Å². The van der Waals surface area contributed by atoms with E-state index in [0.717, 1.165) is 22.5 Å². The average Bonchev–Trinajstić information content (AvgIpc) is 2.80. The molecule has 0 aliphatic carbocycles. The van der Waals surface area contributed by atoms with Crippen molar-refractivity contribution in [2.24, 2.45) is 0 Å². The number of hydrogen-bond donors (Lipinski definition) is 1. The van der Waals surface area contributed by atoms with Gasteiger partial charge in [-0.2, -0.15) is 0 Å². The van der Waals surface area contributed by atoms with Crippen molar-refractivity contribution in [1.82, 2.24) is 5.32 Å². The van der Waals surface area contributed by atoms with Gasteiger partial charge >= 0.3 is 0 Å². The third kappa shape index (κ3) is 2.68. The summed E-state index contributed by atoms with van der Waals surface area (Å²) in [4.78, 5) is 0.